The fourth-order valence-electron chi connectivity index (χ4n) is 4.61. The monoisotopic (exact) mass is 622 g/mol. The number of nitrogens with one attached hydrogen (secondary N) is 1. The highest BCUT2D eigenvalue weighted by molar-refractivity contribution is 7.10. The average Bonchev–Trinajstić information content (AvgIpc) is 3.70. The predicted octanol–water partition coefficient (Wildman–Crippen LogP) is 4.16. The third-order valence-electron chi connectivity index (χ3n) is 6.65. The van der Waals surface area contributed by atoms with Crippen molar-refractivity contribution in [2.24, 2.45) is 0 Å². The molecule has 13 heteroatoms. The van der Waals surface area contributed by atoms with Crippen molar-refractivity contribution in [1.29, 1.82) is 0 Å². The lowest BCUT2D eigenvalue weighted by atomic mass is 10.1. The molecule has 0 aliphatic carbocycles. The fraction of sp³-hybridized carbons (Fsp3) is 0.387. The van der Waals surface area contributed by atoms with Crippen LogP contribution in [-0.2, 0) is 22.6 Å². The molecule has 0 aliphatic rings. The summed E-state index contributed by atoms with van der Waals surface area (Å²) in [5.41, 5.74) is 1.05. The number of tetrazole rings is 1. The van der Waals surface area contributed by atoms with E-state index in [1.807, 2.05) is 56.5 Å². The van der Waals surface area contributed by atoms with Crippen LogP contribution in [0.25, 0.3) is 11.4 Å². The molecule has 44 heavy (non-hydrogen) atoms. The second-order valence-electron chi connectivity index (χ2n) is 10.9. The van der Waals surface area contributed by atoms with E-state index in [0.717, 1.165) is 10.4 Å². The van der Waals surface area contributed by atoms with E-state index in [4.69, 9.17) is 18.9 Å². The molecule has 0 saturated carbocycles. The Bertz CT molecular complexity index is 1570. The molecule has 0 radical (unpaired) electrons. The van der Waals surface area contributed by atoms with Gasteiger partial charge in [0.2, 0.25) is 17.6 Å². The maximum Gasteiger partial charge on any atom is 0.248 e. The number of thiophene rings is 1. The highest BCUT2D eigenvalue weighted by Gasteiger charge is 2.34. The molecule has 0 spiro atoms. The van der Waals surface area contributed by atoms with Gasteiger partial charge in [-0.1, -0.05) is 12.1 Å². The van der Waals surface area contributed by atoms with E-state index >= 15 is 0 Å². The molecule has 0 fully saturated rings. The van der Waals surface area contributed by atoms with Crippen LogP contribution >= 0.6 is 11.3 Å². The van der Waals surface area contributed by atoms with Crippen molar-refractivity contribution in [2.75, 3.05) is 35.0 Å². The van der Waals surface area contributed by atoms with Crippen molar-refractivity contribution in [1.82, 2.24) is 30.4 Å². The molecule has 0 bridgehead atoms. The average molecular weight is 623 g/mol. The van der Waals surface area contributed by atoms with Crippen molar-refractivity contribution in [3.8, 4) is 34.4 Å². The van der Waals surface area contributed by atoms with Crippen molar-refractivity contribution in [3.63, 3.8) is 0 Å². The number of amides is 2. The molecule has 2 amide bonds. The third-order valence-corrected chi connectivity index (χ3v) is 7.58. The Kier molecular flexibility index (Phi) is 10.4. The molecule has 2 heterocycles. The minimum Gasteiger partial charge on any atom is -0.493 e. The summed E-state index contributed by atoms with van der Waals surface area (Å²) in [4.78, 5) is 31.3. The van der Waals surface area contributed by atoms with E-state index in [1.165, 1.54) is 16.1 Å². The molecule has 0 saturated heterocycles. The lowest BCUT2D eigenvalue weighted by Gasteiger charge is -2.33. The Morgan fingerprint density at radius 1 is 0.932 bits per heavy atom. The number of carbonyl (C=O) groups excluding carboxylic acids is 2. The van der Waals surface area contributed by atoms with Crippen LogP contribution in [0.5, 0.6) is 23.0 Å². The topological polar surface area (TPSA) is 130 Å². The van der Waals surface area contributed by atoms with Crippen molar-refractivity contribution in [3.05, 3.63) is 64.4 Å². The second kappa shape index (κ2) is 14.2. The summed E-state index contributed by atoms with van der Waals surface area (Å²) >= 11 is 1.41. The number of hydrogen-bond acceptors (Lipinski definition) is 10. The van der Waals surface area contributed by atoms with Gasteiger partial charge in [0.25, 0.3) is 0 Å². The van der Waals surface area contributed by atoms with Crippen LogP contribution in [0, 0.1) is 0 Å². The van der Waals surface area contributed by atoms with E-state index in [1.54, 1.807) is 51.5 Å². The Morgan fingerprint density at radius 2 is 1.59 bits per heavy atom. The summed E-state index contributed by atoms with van der Waals surface area (Å²) < 4.78 is 21.5. The van der Waals surface area contributed by atoms with Crippen LogP contribution in [0.1, 0.15) is 37.3 Å². The van der Waals surface area contributed by atoms with Crippen LogP contribution in [0.4, 0.5) is 0 Å². The van der Waals surface area contributed by atoms with E-state index < -0.39 is 11.6 Å². The zero-order valence-corrected chi connectivity index (χ0v) is 26.8. The van der Waals surface area contributed by atoms with Crippen LogP contribution < -0.4 is 24.3 Å². The molecule has 12 nitrogen and oxygen atoms in total. The number of carbonyl (C=O) groups is 2. The first-order valence-corrected chi connectivity index (χ1v) is 14.8. The first-order valence-electron chi connectivity index (χ1n) is 13.9. The molecule has 4 rings (SSSR count). The number of aromatic nitrogens is 4. The SMILES string of the molecule is COc1ccc(CCN(C(=O)Cn2nnc(-c3ccc(OC)c(OC)c3)n2)C(C(=O)NC(C)(C)C)c2cccs2)cc1OC. The maximum absolute atomic E-state index is 14.0. The number of methoxy groups -OCH3 is 4. The molecule has 2 aromatic heterocycles. The molecule has 2 aromatic carbocycles. The summed E-state index contributed by atoms with van der Waals surface area (Å²) in [6, 6.07) is 13.7. The van der Waals surface area contributed by atoms with Gasteiger partial charge in [0, 0.05) is 22.5 Å². The van der Waals surface area contributed by atoms with Gasteiger partial charge in [-0.2, -0.15) is 4.80 Å². The first-order chi connectivity index (χ1) is 21.1. The minimum atomic E-state index is -0.865. The largest absolute Gasteiger partial charge is 0.493 e. The molecule has 4 aromatic rings. The van der Waals surface area contributed by atoms with Gasteiger partial charge < -0.3 is 29.2 Å². The normalized spacial score (nSPS) is 11.9. The van der Waals surface area contributed by atoms with E-state index in [0.29, 0.717) is 40.8 Å². The zero-order chi connectivity index (χ0) is 31.9. The van der Waals surface area contributed by atoms with E-state index in [9.17, 15) is 9.59 Å². The van der Waals surface area contributed by atoms with Crippen molar-refractivity contribution < 1.29 is 28.5 Å². The Labute approximate surface area is 260 Å². The van der Waals surface area contributed by atoms with Gasteiger partial charge >= 0.3 is 0 Å². The highest BCUT2D eigenvalue weighted by Crippen LogP contribution is 2.32. The Hall–Kier alpha value is -4.65. The van der Waals surface area contributed by atoms with Gasteiger partial charge in [-0.3, -0.25) is 9.59 Å². The summed E-state index contributed by atoms with van der Waals surface area (Å²) in [6.45, 7) is 5.73. The van der Waals surface area contributed by atoms with Gasteiger partial charge in [0.1, 0.15) is 12.6 Å². The van der Waals surface area contributed by atoms with Crippen LogP contribution in [0.2, 0.25) is 0 Å². The number of ether oxygens (including phenoxy) is 4. The number of nitrogens with zero attached hydrogens (tertiary/aromatic N) is 5. The lowest BCUT2D eigenvalue weighted by molar-refractivity contribution is -0.142. The molecule has 1 unspecified atom stereocenters. The van der Waals surface area contributed by atoms with Crippen LogP contribution in [-0.4, -0.2) is 77.4 Å². The molecular formula is C31H38N6O6S. The van der Waals surface area contributed by atoms with Gasteiger partial charge in [0.15, 0.2) is 23.0 Å². The van der Waals surface area contributed by atoms with Crippen LogP contribution in [0.3, 0.4) is 0 Å². The van der Waals surface area contributed by atoms with E-state index in [2.05, 4.69) is 20.7 Å². The van der Waals surface area contributed by atoms with Gasteiger partial charge in [-0.15, -0.1) is 21.5 Å². The Morgan fingerprint density at radius 3 is 2.20 bits per heavy atom. The van der Waals surface area contributed by atoms with Crippen LogP contribution in [0.15, 0.2) is 53.9 Å². The summed E-state index contributed by atoms with van der Waals surface area (Å²) in [5, 5.41) is 17.7. The fourth-order valence-corrected chi connectivity index (χ4v) is 5.44. The Balaban J connectivity index is 1.64. The van der Waals surface area contributed by atoms with E-state index in [-0.39, 0.29) is 24.9 Å². The first kappa shape index (κ1) is 32.3. The quantitative estimate of drug-likeness (QED) is 0.234. The van der Waals surface area contributed by atoms with Gasteiger partial charge in [0.05, 0.1) is 28.4 Å². The molecular weight excluding hydrogens is 584 g/mol. The zero-order valence-electron chi connectivity index (χ0n) is 26.0. The summed E-state index contributed by atoms with van der Waals surface area (Å²) in [7, 11) is 6.25. The minimum absolute atomic E-state index is 0.225. The molecule has 1 N–H and O–H groups in total. The molecule has 234 valence electrons. The standard InChI is InChI=1S/C31H38N6O6S/c1-31(2,3)32-30(39)28(26-9-8-16-44-26)36(15-14-20-10-12-22(40-4)24(17-20)42-6)27(38)19-37-34-29(33-35-37)21-11-13-23(41-5)25(18-21)43-7/h8-13,16-18,28H,14-15,19H2,1-7H3,(H,32,39). The summed E-state index contributed by atoms with van der Waals surface area (Å²) in [6.07, 6.45) is 0.457. The lowest BCUT2D eigenvalue weighted by Crippen LogP contribution is -2.50. The van der Waals surface area contributed by atoms with Gasteiger partial charge in [-0.25, -0.2) is 0 Å². The van der Waals surface area contributed by atoms with Gasteiger partial charge in [-0.05, 0) is 79.7 Å². The maximum atomic E-state index is 14.0. The second-order valence-corrected chi connectivity index (χ2v) is 11.9. The number of hydrogen-bond donors (Lipinski definition) is 1. The number of rotatable bonds is 13. The molecule has 0 aliphatic heterocycles. The number of benzene rings is 2. The highest BCUT2D eigenvalue weighted by atomic mass is 32.1. The summed E-state index contributed by atoms with van der Waals surface area (Å²) in [5.74, 6) is 1.96. The predicted molar refractivity (Wildman–Crippen MR) is 166 cm³/mol. The molecule has 1 atom stereocenters. The van der Waals surface area contributed by atoms with Crippen molar-refractivity contribution >= 4 is 23.2 Å². The van der Waals surface area contributed by atoms with Crippen molar-refractivity contribution in [2.45, 2.75) is 45.3 Å². The third kappa shape index (κ3) is 7.84. The smallest absolute Gasteiger partial charge is 0.248 e.